The summed E-state index contributed by atoms with van der Waals surface area (Å²) in [4.78, 5) is 2.16. The van der Waals surface area contributed by atoms with Gasteiger partial charge in [0.05, 0.1) is 6.04 Å². The SMILES string of the molecule is CCN(C)C(CN)c1ccc(Br)o1. The number of nitrogens with zero attached hydrogens (tertiary/aromatic N) is 1. The van der Waals surface area contributed by atoms with Crippen LogP contribution in [0.3, 0.4) is 0 Å². The fraction of sp³-hybridized carbons (Fsp3) is 0.556. The molecule has 0 saturated carbocycles. The average molecular weight is 247 g/mol. The van der Waals surface area contributed by atoms with Gasteiger partial charge >= 0.3 is 0 Å². The number of nitrogens with two attached hydrogens (primary N) is 1. The molecule has 0 saturated heterocycles. The molecule has 0 aliphatic heterocycles. The largest absolute Gasteiger partial charge is 0.453 e. The fourth-order valence-electron chi connectivity index (χ4n) is 1.24. The second-order valence-electron chi connectivity index (χ2n) is 2.97. The molecule has 1 unspecified atom stereocenters. The molecule has 1 aromatic heterocycles. The molecule has 0 amide bonds. The third-order valence-corrected chi connectivity index (χ3v) is 2.60. The molecule has 1 atom stereocenters. The van der Waals surface area contributed by atoms with Gasteiger partial charge in [-0.25, -0.2) is 0 Å². The van der Waals surface area contributed by atoms with Crippen LogP contribution in [0.1, 0.15) is 18.7 Å². The van der Waals surface area contributed by atoms with E-state index in [2.05, 4.69) is 27.8 Å². The van der Waals surface area contributed by atoms with Gasteiger partial charge in [0.25, 0.3) is 0 Å². The first-order valence-corrected chi connectivity index (χ1v) is 5.13. The molecule has 0 aromatic carbocycles. The van der Waals surface area contributed by atoms with Gasteiger partial charge in [-0.15, -0.1) is 0 Å². The van der Waals surface area contributed by atoms with Crippen LogP contribution in [-0.2, 0) is 0 Å². The first kappa shape index (κ1) is 10.8. The summed E-state index contributed by atoms with van der Waals surface area (Å²) in [5.41, 5.74) is 5.67. The summed E-state index contributed by atoms with van der Waals surface area (Å²) in [5, 5.41) is 0. The number of rotatable bonds is 4. The molecule has 2 N–H and O–H groups in total. The molecule has 4 heteroatoms. The zero-order valence-corrected chi connectivity index (χ0v) is 9.54. The van der Waals surface area contributed by atoms with Gasteiger partial charge in [0.15, 0.2) is 4.67 Å². The van der Waals surface area contributed by atoms with Crippen LogP contribution in [0, 0.1) is 0 Å². The van der Waals surface area contributed by atoms with E-state index in [-0.39, 0.29) is 6.04 Å². The molecular formula is C9H15BrN2O. The van der Waals surface area contributed by atoms with Crippen molar-refractivity contribution in [3.05, 3.63) is 22.6 Å². The Morgan fingerprint density at radius 2 is 2.31 bits per heavy atom. The minimum Gasteiger partial charge on any atom is -0.453 e. The zero-order chi connectivity index (χ0) is 9.84. The summed E-state index contributed by atoms with van der Waals surface area (Å²) in [5.74, 6) is 0.915. The molecule has 0 aliphatic carbocycles. The number of likely N-dealkylation sites (N-methyl/N-ethyl adjacent to an activating group) is 1. The lowest BCUT2D eigenvalue weighted by Gasteiger charge is -2.23. The lowest BCUT2D eigenvalue weighted by Crippen LogP contribution is -2.29. The molecule has 74 valence electrons. The number of hydrogen-bond acceptors (Lipinski definition) is 3. The highest BCUT2D eigenvalue weighted by Crippen LogP contribution is 2.23. The van der Waals surface area contributed by atoms with Gasteiger partial charge in [-0.3, -0.25) is 4.90 Å². The van der Waals surface area contributed by atoms with Crippen molar-refractivity contribution >= 4 is 15.9 Å². The van der Waals surface area contributed by atoms with Crippen molar-refractivity contribution in [3.63, 3.8) is 0 Å². The fourth-order valence-corrected chi connectivity index (χ4v) is 1.56. The maximum Gasteiger partial charge on any atom is 0.169 e. The number of furan rings is 1. The quantitative estimate of drug-likeness (QED) is 0.884. The molecule has 0 fully saturated rings. The van der Waals surface area contributed by atoms with E-state index in [1.165, 1.54) is 0 Å². The van der Waals surface area contributed by atoms with E-state index in [4.69, 9.17) is 10.2 Å². The van der Waals surface area contributed by atoms with Crippen molar-refractivity contribution < 1.29 is 4.42 Å². The van der Waals surface area contributed by atoms with E-state index < -0.39 is 0 Å². The summed E-state index contributed by atoms with van der Waals surface area (Å²) in [7, 11) is 2.04. The zero-order valence-electron chi connectivity index (χ0n) is 7.96. The predicted molar refractivity (Wildman–Crippen MR) is 56.5 cm³/mol. The van der Waals surface area contributed by atoms with Crippen molar-refractivity contribution in [1.29, 1.82) is 0 Å². The van der Waals surface area contributed by atoms with E-state index in [1.807, 2.05) is 19.2 Å². The molecule has 0 aliphatic rings. The van der Waals surface area contributed by atoms with Crippen LogP contribution in [0.15, 0.2) is 21.2 Å². The molecule has 1 aromatic rings. The van der Waals surface area contributed by atoms with Crippen LogP contribution in [-0.4, -0.2) is 25.0 Å². The maximum absolute atomic E-state index is 5.67. The van der Waals surface area contributed by atoms with E-state index in [1.54, 1.807) is 0 Å². The van der Waals surface area contributed by atoms with E-state index in [9.17, 15) is 0 Å². The van der Waals surface area contributed by atoms with Gasteiger partial charge in [-0.2, -0.15) is 0 Å². The molecule has 13 heavy (non-hydrogen) atoms. The molecule has 0 radical (unpaired) electrons. The van der Waals surface area contributed by atoms with Gasteiger partial charge in [0.2, 0.25) is 0 Å². The second-order valence-corrected chi connectivity index (χ2v) is 3.75. The maximum atomic E-state index is 5.67. The number of halogens is 1. The van der Waals surface area contributed by atoms with E-state index in [0.29, 0.717) is 6.54 Å². The summed E-state index contributed by atoms with van der Waals surface area (Å²) in [6, 6.07) is 4.02. The smallest absolute Gasteiger partial charge is 0.169 e. The Balaban J connectivity index is 2.77. The summed E-state index contributed by atoms with van der Waals surface area (Å²) in [6.07, 6.45) is 0. The van der Waals surface area contributed by atoms with Crippen molar-refractivity contribution in [2.45, 2.75) is 13.0 Å². The van der Waals surface area contributed by atoms with Gasteiger partial charge < -0.3 is 10.2 Å². The Morgan fingerprint density at radius 3 is 2.69 bits per heavy atom. The third-order valence-electron chi connectivity index (χ3n) is 2.18. The molecule has 0 spiro atoms. The van der Waals surface area contributed by atoms with Gasteiger partial charge in [-0.05, 0) is 41.7 Å². The highest BCUT2D eigenvalue weighted by Gasteiger charge is 2.17. The van der Waals surface area contributed by atoms with Crippen LogP contribution in [0.25, 0.3) is 0 Å². The molecular weight excluding hydrogens is 232 g/mol. The molecule has 1 heterocycles. The Morgan fingerprint density at radius 1 is 1.62 bits per heavy atom. The Bertz CT molecular complexity index is 262. The molecule has 3 nitrogen and oxygen atoms in total. The summed E-state index contributed by atoms with van der Waals surface area (Å²) < 4.78 is 6.21. The van der Waals surface area contributed by atoms with Crippen molar-refractivity contribution in [2.75, 3.05) is 20.1 Å². The molecule has 0 bridgehead atoms. The first-order valence-electron chi connectivity index (χ1n) is 4.34. The van der Waals surface area contributed by atoms with Gasteiger partial charge in [-0.1, -0.05) is 6.92 Å². The topological polar surface area (TPSA) is 42.4 Å². The lowest BCUT2D eigenvalue weighted by atomic mass is 10.2. The highest BCUT2D eigenvalue weighted by atomic mass is 79.9. The standard InChI is InChI=1S/C9H15BrN2O/c1-3-12(2)7(6-11)8-4-5-9(10)13-8/h4-5,7H,3,6,11H2,1-2H3. The summed E-state index contributed by atoms with van der Waals surface area (Å²) in [6.45, 7) is 3.63. The van der Waals surface area contributed by atoms with Gasteiger partial charge in [0, 0.05) is 6.54 Å². The van der Waals surface area contributed by atoms with Crippen LogP contribution >= 0.6 is 15.9 Å². The first-order chi connectivity index (χ1) is 6.19. The Labute approximate surface area is 87.0 Å². The highest BCUT2D eigenvalue weighted by molar-refractivity contribution is 9.10. The van der Waals surface area contributed by atoms with E-state index in [0.717, 1.165) is 17.0 Å². The van der Waals surface area contributed by atoms with Crippen molar-refractivity contribution in [2.24, 2.45) is 5.73 Å². The van der Waals surface area contributed by atoms with Crippen LogP contribution in [0.5, 0.6) is 0 Å². The Kier molecular flexibility index (Phi) is 3.96. The predicted octanol–water partition coefficient (Wildman–Crippen LogP) is 1.99. The average Bonchev–Trinajstić information content (AvgIpc) is 2.53. The van der Waals surface area contributed by atoms with Crippen LogP contribution in [0.4, 0.5) is 0 Å². The normalized spacial score (nSPS) is 13.6. The minimum absolute atomic E-state index is 0.177. The second kappa shape index (κ2) is 4.79. The molecule has 1 rings (SSSR count). The van der Waals surface area contributed by atoms with E-state index >= 15 is 0 Å². The lowest BCUT2D eigenvalue weighted by molar-refractivity contribution is 0.229. The minimum atomic E-state index is 0.177. The van der Waals surface area contributed by atoms with Crippen LogP contribution in [0.2, 0.25) is 0 Å². The van der Waals surface area contributed by atoms with Crippen molar-refractivity contribution in [3.8, 4) is 0 Å². The van der Waals surface area contributed by atoms with Crippen molar-refractivity contribution in [1.82, 2.24) is 4.90 Å². The van der Waals surface area contributed by atoms with Crippen LogP contribution < -0.4 is 5.73 Å². The Hall–Kier alpha value is -0.320. The summed E-state index contributed by atoms with van der Waals surface area (Å²) >= 11 is 3.27. The van der Waals surface area contributed by atoms with Gasteiger partial charge in [0.1, 0.15) is 5.76 Å². The number of hydrogen-bond donors (Lipinski definition) is 1. The monoisotopic (exact) mass is 246 g/mol. The third kappa shape index (κ3) is 2.56.